The number of rotatable bonds is 12. The second-order valence-corrected chi connectivity index (χ2v) is 14.9. The van der Waals surface area contributed by atoms with Crippen molar-refractivity contribution in [2.24, 2.45) is 5.92 Å². The molecule has 0 radical (unpaired) electrons. The summed E-state index contributed by atoms with van der Waals surface area (Å²) in [4.78, 5) is 39.8. The number of hydrogen-bond donors (Lipinski definition) is 3. The molecule has 3 aromatic carbocycles. The van der Waals surface area contributed by atoms with E-state index in [1.807, 2.05) is 84.9 Å². The number of nitrogens with one attached hydrogen (secondary N) is 1. The Morgan fingerprint density at radius 3 is 2.29 bits per heavy atom. The predicted octanol–water partition coefficient (Wildman–Crippen LogP) is 5.55. The Bertz CT molecular complexity index is 1730. The van der Waals surface area contributed by atoms with E-state index in [9.17, 15) is 14.5 Å². The summed E-state index contributed by atoms with van der Waals surface area (Å²) in [7, 11) is -2.61. The van der Waals surface area contributed by atoms with Gasteiger partial charge in [0.25, 0.3) is 0 Å². The van der Waals surface area contributed by atoms with Gasteiger partial charge in [0.05, 0.1) is 7.11 Å². The van der Waals surface area contributed by atoms with Crippen LogP contribution in [0.15, 0.2) is 102 Å². The van der Waals surface area contributed by atoms with Crippen molar-refractivity contribution in [2.45, 2.75) is 41.8 Å². The molecule has 2 aliphatic rings. The maximum atomic E-state index is 15.9. The van der Waals surface area contributed by atoms with Gasteiger partial charge in [0.15, 0.2) is 0 Å². The van der Waals surface area contributed by atoms with Crippen molar-refractivity contribution < 1.29 is 37.5 Å². The van der Waals surface area contributed by atoms with E-state index in [1.54, 1.807) is 13.2 Å². The summed E-state index contributed by atoms with van der Waals surface area (Å²) >= 11 is 1.16. The van der Waals surface area contributed by atoms with Crippen LogP contribution in [-0.2, 0) is 23.9 Å². The summed E-state index contributed by atoms with van der Waals surface area (Å²) in [6.07, 6.45) is -1.15. The minimum atomic E-state index is -4.22. The smallest absolute Gasteiger partial charge is 0.0622 e. The standard InChI is InChI=1S/C34H37FN3O8PS/c1-22(32(39)40)18-20-44-47(42)45-21-27-30(46-47)29(35)31(48-27)38-19-17-28(36-33(38)41)37-34(23-9-5-3-6-10-23,24-11-7-4-8-12-24)25-13-15-26(43-2)16-14-25/h3-17,19,22,27,29-31,42,47H,18,20-21H2,1-2H3,(H,39,40)(H,36,37,41)/t22-,27-,29+,30-,31-/m1/s1. The molecule has 3 N–H and O–H groups in total. The van der Waals surface area contributed by atoms with Gasteiger partial charge in [0.1, 0.15) is 5.75 Å². The van der Waals surface area contributed by atoms with Crippen LogP contribution in [0.3, 0.4) is 0 Å². The van der Waals surface area contributed by atoms with Crippen molar-refractivity contribution in [1.82, 2.24) is 9.55 Å². The molecule has 0 amide bonds. The minimum Gasteiger partial charge on any atom is -0.0622 e. The number of carboxylic acids is 1. The zero-order valence-electron chi connectivity index (χ0n) is 26.3. The van der Waals surface area contributed by atoms with Crippen LogP contribution in [0.2, 0.25) is 0 Å². The van der Waals surface area contributed by atoms with Crippen LogP contribution >= 0.6 is 19.9 Å². The van der Waals surface area contributed by atoms with E-state index < -0.39 is 54.2 Å². The molecule has 11 nitrogen and oxygen atoms in total. The Morgan fingerprint density at radius 2 is 1.71 bits per heavy atom. The fraction of sp³-hybridized carbons (Fsp3) is 0.324. The van der Waals surface area contributed by atoms with Crippen LogP contribution in [0.4, 0.5) is 10.2 Å². The average Bonchev–Trinajstić information content (AvgIpc) is 3.42. The van der Waals surface area contributed by atoms with Gasteiger partial charge in [0, 0.05) is 0 Å². The summed E-state index contributed by atoms with van der Waals surface area (Å²) in [5, 5.41) is 11.1. The zero-order chi connectivity index (χ0) is 33.9. The first-order valence-corrected chi connectivity index (χ1v) is 18.1. The van der Waals surface area contributed by atoms with Crippen LogP contribution in [0.25, 0.3) is 0 Å². The van der Waals surface area contributed by atoms with Crippen LogP contribution < -0.4 is 15.7 Å². The molecule has 2 fully saturated rings. The number of alkyl halides is 1. The van der Waals surface area contributed by atoms with Gasteiger partial charge >= 0.3 is 216 Å². The van der Waals surface area contributed by atoms with Gasteiger partial charge in [-0.05, 0) is 12.1 Å². The third-order valence-electron chi connectivity index (χ3n) is 8.60. The Kier molecular flexibility index (Phi) is 10.2. The Labute approximate surface area is 281 Å². The first-order chi connectivity index (χ1) is 23.1. The molecule has 254 valence electrons. The molecule has 0 unspecified atom stereocenters. The molecule has 1 aromatic heterocycles. The first-order valence-electron chi connectivity index (χ1n) is 15.5. The van der Waals surface area contributed by atoms with Gasteiger partial charge in [-0.1, -0.05) is 36.4 Å². The number of aromatic nitrogens is 2. The van der Waals surface area contributed by atoms with E-state index >= 15 is 4.39 Å². The van der Waals surface area contributed by atoms with Crippen LogP contribution in [-0.4, -0.2) is 63.4 Å². The number of anilines is 1. The molecule has 0 saturated carbocycles. The predicted molar refractivity (Wildman–Crippen MR) is 182 cm³/mol. The normalized spacial score (nSPS) is 23.1. The van der Waals surface area contributed by atoms with Gasteiger partial charge in [-0.3, -0.25) is 0 Å². The molecular weight excluding hydrogens is 660 g/mol. The number of fused-ring (bicyclic) bond motifs is 1. The van der Waals surface area contributed by atoms with Crippen molar-refractivity contribution >= 4 is 31.7 Å². The molecule has 6 rings (SSSR count). The summed E-state index contributed by atoms with van der Waals surface area (Å²) in [5.74, 6) is -0.720. The molecule has 3 heterocycles. The van der Waals surface area contributed by atoms with E-state index in [2.05, 4.69) is 10.3 Å². The van der Waals surface area contributed by atoms with Gasteiger partial charge in [-0.25, -0.2) is 0 Å². The Hall–Kier alpha value is -3.84. The summed E-state index contributed by atoms with van der Waals surface area (Å²) in [6.45, 7) is 1.34. The second kappa shape index (κ2) is 14.3. The molecular formula is C34H37FN3O8PS. The summed E-state index contributed by atoms with van der Waals surface area (Å²) in [6, 6.07) is 28.9. The van der Waals surface area contributed by atoms with Crippen molar-refractivity contribution in [3.63, 3.8) is 0 Å². The van der Waals surface area contributed by atoms with Crippen molar-refractivity contribution in [1.29, 1.82) is 0 Å². The van der Waals surface area contributed by atoms with Gasteiger partial charge in [0.2, 0.25) is 0 Å². The molecule has 0 spiro atoms. The number of hydrogen-bond acceptors (Lipinski definition) is 10. The topological polar surface area (TPSA) is 141 Å². The molecule has 2 aliphatic heterocycles. The molecule has 4 aromatic rings. The number of methoxy groups -OCH3 is 1. The minimum absolute atomic E-state index is 0.0518. The molecule has 0 aliphatic carbocycles. The first kappa shape index (κ1) is 34.0. The number of benzene rings is 3. The SMILES string of the molecule is COc1ccc(C(Nc2ccn([C@@H]3S[C@@H]4CO[PH](O)(OCC[C@@H](C)C(=O)O)O[C@H]4[C@@H]3F)c(=O)n2)(c2ccccc2)c2ccccc2)cc1. The van der Waals surface area contributed by atoms with E-state index in [0.717, 1.165) is 28.5 Å². The van der Waals surface area contributed by atoms with Crippen molar-refractivity contribution in [2.75, 3.05) is 25.6 Å². The van der Waals surface area contributed by atoms with Gasteiger partial charge in [-0.2, -0.15) is 0 Å². The molecule has 14 heteroatoms. The number of nitrogens with zero attached hydrogens (tertiary/aromatic N) is 2. The van der Waals surface area contributed by atoms with E-state index in [-0.39, 0.29) is 25.5 Å². The number of ether oxygens (including phenoxy) is 1. The summed E-state index contributed by atoms with van der Waals surface area (Å²) < 4.78 is 39.1. The Morgan fingerprint density at radius 1 is 1.08 bits per heavy atom. The quantitative estimate of drug-likeness (QED) is 0.127. The molecule has 48 heavy (non-hydrogen) atoms. The van der Waals surface area contributed by atoms with E-state index in [0.29, 0.717) is 5.75 Å². The fourth-order valence-corrected chi connectivity index (χ4v) is 9.26. The fourth-order valence-electron chi connectivity index (χ4n) is 5.95. The maximum absolute atomic E-state index is 15.9. The third kappa shape index (κ3) is 6.84. The third-order valence-corrected chi connectivity index (χ3v) is 11.8. The summed E-state index contributed by atoms with van der Waals surface area (Å²) in [5.41, 5.74) is 1.04. The van der Waals surface area contributed by atoms with Gasteiger partial charge < -0.3 is 4.74 Å². The van der Waals surface area contributed by atoms with Crippen molar-refractivity contribution in [3.05, 3.63) is 124 Å². The van der Waals surface area contributed by atoms with E-state index in [1.165, 1.54) is 17.7 Å². The van der Waals surface area contributed by atoms with Crippen LogP contribution in [0.5, 0.6) is 5.75 Å². The number of carboxylic acid groups (broad SMARTS) is 1. The van der Waals surface area contributed by atoms with Crippen molar-refractivity contribution in [3.8, 4) is 5.75 Å². The molecule has 5 atom stereocenters. The number of halogens is 1. The number of thioether (sulfide) groups is 1. The van der Waals surface area contributed by atoms with E-state index in [4.69, 9.17) is 23.4 Å². The zero-order valence-corrected chi connectivity index (χ0v) is 28.1. The molecule has 2 saturated heterocycles. The number of aliphatic carboxylic acids is 1. The van der Waals surface area contributed by atoms with Crippen LogP contribution in [0, 0.1) is 5.92 Å². The second-order valence-electron chi connectivity index (χ2n) is 11.6. The molecule has 0 bridgehead atoms. The monoisotopic (exact) mass is 697 g/mol. The van der Waals surface area contributed by atoms with Crippen LogP contribution in [0.1, 0.15) is 35.4 Å². The number of carbonyl (C=O) groups is 1. The Balaban J connectivity index is 1.27. The average molecular weight is 698 g/mol. The van der Waals surface area contributed by atoms with Gasteiger partial charge in [-0.15, -0.1) is 0 Å².